The predicted octanol–water partition coefficient (Wildman–Crippen LogP) is 3.44. The first-order valence-corrected chi connectivity index (χ1v) is 6.14. The molecule has 0 aliphatic rings. The molecule has 1 N–H and O–H groups in total. The number of rotatable bonds is 3. The lowest BCUT2D eigenvalue weighted by atomic mass is 10.1. The summed E-state index contributed by atoms with van der Waals surface area (Å²) in [7, 11) is 0. The lowest BCUT2D eigenvalue weighted by Gasteiger charge is -2.20. The highest BCUT2D eigenvalue weighted by atomic mass is 19.1. The van der Waals surface area contributed by atoms with Gasteiger partial charge in [-0.05, 0) is 39.8 Å². The third kappa shape index (κ3) is 4.12. The van der Waals surface area contributed by atoms with Crippen molar-refractivity contribution in [2.45, 2.75) is 33.3 Å². The summed E-state index contributed by atoms with van der Waals surface area (Å²) in [6.45, 7) is 7.13. The minimum Gasteiger partial charge on any atom is -0.492 e. The van der Waals surface area contributed by atoms with Gasteiger partial charge in [-0.2, -0.15) is 5.26 Å². The van der Waals surface area contributed by atoms with Crippen molar-refractivity contribution in [2.24, 2.45) is 0 Å². The Morgan fingerprint density at radius 1 is 1.45 bits per heavy atom. The Kier molecular flexibility index (Phi) is 4.92. The molecular formula is C14H17FN2O3. The van der Waals surface area contributed by atoms with Crippen molar-refractivity contribution < 1.29 is 18.7 Å². The number of amides is 1. The van der Waals surface area contributed by atoms with E-state index in [0.717, 1.165) is 0 Å². The summed E-state index contributed by atoms with van der Waals surface area (Å²) in [5.41, 5.74) is -1.07. The van der Waals surface area contributed by atoms with E-state index in [1.54, 1.807) is 33.8 Å². The van der Waals surface area contributed by atoms with Crippen molar-refractivity contribution in [1.82, 2.24) is 0 Å². The molecule has 6 heteroatoms. The number of nitrogens with zero attached hydrogens (tertiary/aromatic N) is 1. The molecule has 0 unspecified atom stereocenters. The topological polar surface area (TPSA) is 71.3 Å². The first-order valence-electron chi connectivity index (χ1n) is 6.14. The fraction of sp³-hybridized carbons (Fsp3) is 0.429. The van der Waals surface area contributed by atoms with Crippen LogP contribution in [0.5, 0.6) is 5.75 Å². The van der Waals surface area contributed by atoms with E-state index in [1.807, 2.05) is 0 Å². The van der Waals surface area contributed by atoms with Gasteiger partial charge in [0.2, 0.25) is 0 Å². The smallest absolute Gasteiger partial charge is 0.412 e. The monoisotopic (exact) mass is 280 g/mol. The van der Waals surface area contributed by atoms with Crippen LogP contribution in [0.25, 0.3) is 0 Å². The van der Waals surface area contributed by atoms with Crippen LogP contribution in [0.1, 0.15) is 33.3 Å². The molecule has 1 aromatic carbocycles. The van der Waals surface area contributed by atoms with Gasteiger partial charge in [0.25, 0.3) is 0 Å². The number of halogens is 1. The van der Waals surface area contributed by atoms with Crippen LogP contribution in [0.2, 0.25) is 0 Å². The highest BCUT2D eigenvalue weighted by Gasteiger charge is 2.20. The van der Waals surface area contributed by atoms with E-state index >= 15 is 0 Å². The Balaban J connectivity index is 2.98. The van der Waals surface area contributed by atoms with E-state index in [1.165, 1.54) is 12.1 Å². The van der Waals surface area contributed by atoms with Gasteiger partial charge in [-0.25, -0.2) is 9.18 Å². The molecule has 20 heavy (non-hydrogen) atoms. The second-order valence-electron chi connectivity index (χ2n) is 4.97. The Labute approximate surface area is 117 Å². The Morgan fingerprint density at radius 2 is 2.10 bits per heavy atom. The number of benzene rings is 1. The molecule has 1 rings (SSSR count). The van der Waals surface area contributed by atoms with Crippen LogP contribution in [-0.2, 0) is 4.74 Å². The minimum atomic E-state index is -0.843. The van der Waals surface area contributed by atoms with Crippen LogP contribution in [-0.4, -0.2) is 18.3 Å². The fourth-order valence-electron chi connectivity index (χ4n) is 1.45. The maximum absolute atomic E-state index is 14.1. The molecule has 0 heterocycles. The predicted molar refractivity (Wildman–Crippen MR) is 72.1 cm³/mol. The number of hydrogen-bond donors (Lipinski definition) is 1. The number of carbonyl (C=O) groups is 1. The molecule has 108 valence electrons. The molecule has 0 bridgehead atoms. The van der Waals surface area contributed by atoms with Crippen molar-refractivity contribution >= 4 is 11.8 Å². The normalized spacial score (nSPS) is 10.6. The van der Waals surface area contributed by atoms with Gasteiger partial charge in [-0.15, -0.1) is 0 Å². The second kappa shape index (κ2) is 6.24. The molecule has 0 saturated heterocycles. The van der Waals surface area contributed by atoms with E-state index in [2.05, 4.69) is 5.32 Å². The van der Waals surface area contributed by atoms with E-state index in [9.17, 15) is 9.18 Å². The third-order valence-corrected chi connectivity index (χ3v) is 2.15. The molecule has 0 aromatic heterocycles. The largest absolute Gasteiger partial charge is 0.492 e. The molecule has 0 atom stereocenters. The van der Waals surface area contributed by atoms with Crippen molar-refractivity contribution in [2.75, 3.05) is 11.9 Å². The van der Waals surface area contributed by atoms with Gasteiger partial charge in [-0.3, -0.25) is 5.32 Å². The highest BCUT2D eigenvalue weighted by molar-refractivity contribution is 5.85. The highest BCUT2D eigenvalue weighted by Crippen LogP contribution is 2.27. The summed E-state index contributed by atoms with van der Waals surface area (Å²) < 4.78 is 24.2. The summed E-state index contributed by atoms with van der Waals surface area (Å²) in [6, 6.07) is 4.47. The van der Waals surface area contributed by atoms with Gasteiger partial charge in [-0.1, -0.05) is 0 Å². The van der Waals surface area contributed by atoms with Crippen LogP contribution in [0.4, 0.5) is 14.9 Å². The average Bonchev–Trinajstić information content (AvgIpc) is 2.31. The van der Waals surface area contributed by atoms with Gasteiger partial charge in [0.1, 0.15) is 23.0 Å². The molecule has 0 aliphatic carbocycles. The van der Waals surface area contributed by atoms with Crippen molar-refractivity contribution in [3.8, 4) is 11.8 Å². The maximum Gasteiger partial charge on any atom is 0.412 e. The zero-order valence-corrected chi connectivity index (χ0v) is 11.9. The van der Waals surface area contributed by atoms with Crippen LogP contribution < -0.4 is 10.1 Å². The number of nitrogens with one attached hydrogen (secondary N) is 1. The summed E-state index contributed by atoms with van der Waals surface area (Å²) >= 11 is 0. The molecule has 5 nitrogen and oxygen atoms in total. The average molecular weight is 280 g/mol. The number of nitriles is 1. The summed E-state index contributed by atoms with van der Waals surface area (Å²) in [4.78, 5) is 11.6. The van der Waals surface area contributed by atoms with Crippen molar-refractivity contribution in [1.29, 1.82) is 5.26 Å². The Morgan fingerprint density at radius 3 is 2.60 bits per heavy atom. The van der Waals surface area contributed by atoms with Crippen molar-refractivity contribution in [3.05, 3.63) is 23.5 Å². The SMILES string of the molecule is CCOc1ccc(NC(=O)OC(C)(C)C)c(F)c1C#N. The molecule has 0 spiro atoms. The number of hydrogen-bond acceptors (Lipinski definition) is 4. The fourth-order valence-corrected chi connectivity index (χ4v) is 1.45. The van der Waals surface area contributed by atoms with E-state index < -0.39 is 17.5 Å². The third-order valence-electron chi connectivity index (χ3n) is 2.15. The van der Waals surface area contributed by atoms with Crippen molar-refractivity contribution in [3.63, 3.8) is 0 Å². The van der Waals surface area contributed by atoms with Crippen LogP contribution in [0.3, 0.4) is 0 Å². The van der Waals surface area contributed by atoms with Gasteiger partial charge in [0, 0.05) is 0 Å². The standard InChI is InChI=1S/C14H17FN2O3/c1-5-19-11-7-6-10(12(15)9(11)8-16)17-13(18)20-14(2,3)4/h6-7H,5H2,1-4H3,(H,17,18). The van der Waals surface area contributed by atoms with Gasteiger partial charge in [0.05, 0.1) is 12.3 Å². The first-order chi connectivity index (χ1) is 9.28. The van der Waals surface area contributed by atoms with E-state index in [0.29, 0.717) is 6.61 Å². The Hall–Kier alpha value is -2.29. The van der Waals surface area contributed by atoms with Crippen LogP contribution >= 0.6 is 0 Å². The lowest BCUT2D eigenvalue weighted by molar-refractivity contribution is 0.0635. The summed E-state index contributed by atoms with van der Waals surface area (Å²) in [5.74, 6) is -0.702. The molecule has 1 aromatic rings. The molecule has 0 aliphatic heterocycles. The lowest BCUT2D eigenvalue weighted by Crippen LogP contribution is -2.27. The maximum atomic E-state index is 14.1. The van der Waals surface area contributed by atoms with Gasteiger partial charge < -0.3 is 9.47 Å². The van der Waals surface area contributed by atoms with Gasteiger partial charge in [0.15, 0.2) is 5.82 Å². The van der Waals surface area contributed by atoms with E-state index in [4.69, 9.17) is 14.7 Å². The quantitative estimate of drug-likeness (QED) is 0.920. The Bertz CT molecular complexity index is 545. The summed E-state index contributed by atoms with van der Waals surface area (Å²) in [5, 5.41) is 11.2. The molecule has 0 fully saturated rings. The zero-order valence-electron chi connectivity index (χ0n) is 11.9. The van der Waals surface area contributed by atoms with Crippen LogP contribution in [0, 0.1) is 17.1 Å². The number of carbonyl (C=O) groups excluding carboxylic acids is 1. The molecule has 0 radical (unpaired) electrons. The molecule has 1 amide bonds. The molecule has 0 saturated carbocycles. The minimum absolute atomic E-state index is 0.126. The van der Waals surface area contributed by atoms with Gasteiger partial charge >= 0.3 is 6.09 Å². The first kappa shape index (κ1) is 15.8. The van der Waals surface area contributed by atoms with E-state index in [-0.39, 0.29) is 17.0 Å². The second-order valence-corrected chi connectivity index (χ2v) is 4.97. The summed E-state index contributed by atoms with van der Waals surface area (Å²) in [6.07, 6.45) is -0.788. The number of anilines is 1. The zero-order chi connectivity index (χ0) is 15.3. The molecular weight excluding hydrogens is 263 g/mol. The van der Waals surface area contributed by atoms with Crippen LogP contribution in [0.15, 0.2) is 12.1 Å². The number of ether oxygens (including phenoxy) is 2.